The Morgan fingerprint density at radius 1 is 1.50 bits per heavy atom. The summed E-state index contributed by atoms with van der Waals surface area (Å²) in [6, 6.07) is 2.09. The molecule has 0 saturated heterocycles. The molecule has 0 bridgehead atoms. The zero-order valence-corrected chi connectivity index (χ0v) is 7.26. The molecule has 2 heterocycles. The predicted molar refractivity (Wildman–Crippen MR) is 46.8 cm³/mol. The summed E-state index contributed by atoms with van der Waals surface area (Å²) in [4.78, 5) is 1.21. The van der Waals surface area contributed by atoms with E-state index in [9.17, 15) is 0 Å². The van der Waals surface area contributed by atoms with Crippen LogP contribution in [-0.4, -0.2) is 10.2 Å². The predicted octanol–water partition coefficient (Wildman–Crippen LogP) is 1.69. The van der Waals surface area contributed by atoms with Crippen LogP contribution in [0.25, 0.3) is 11.5 Å². The monoisotopic (exact) mass is 181 g/mol. The van der Waals surface area contributed by atoms with Crippen LogP contribution < -0.4 is 5.73 Å². The van der Waals surface area contributed by atoms with Crippen molar-refractivity contribution in [2.75, 3.05) is 5.73 Å². The third-order valence-corrected chi connectivity index (χ3v) is 2.28. The molecule has 2 rings (SSSR count). The minimum Gasteiger partial charge on any atom is -0.404 e. The summed E-state index contributed by atoms with van der Waals surface area (Å²) < 4.78 is 5.05. The Morgan fingerprint density at radius 3 is 2.83 bits per heavy atom. The van der Waals surface area contributed by atoms with Gasteiger partial charge >= 0.3 is 6.01 Å². The smallest absolute Gasteiger partial charge is 0.313 e. The zero-order chi connectivity index (χ0) is 8.55. The molecule has 2 N–H and O–H groups in total. The SMILES string of the molecule is Cc1cc(-c2nnc(N)o2)cs1. The van der Waals surface area contributed by atoms with Gasteiger partial charge in [-0.2, -0.15) is 0 Å². The van der Waals surface area contributed by atoms with Crippen molar-refractivity contribution >= 4 is 17.4 Å². The first kappa shape index (κ1) is 7.30. The fourth-order valence-corrected chi connectivity index (χ4v) is 1.58. The lowest BCUT2D eigenvalue weighted by molar-refractivity contribution is 0.590. The summed E-state index contributed by atoms with van der Waals surface area (Å²) in [6.07, 6.45) is 0. The molecule has 0 aliphatic heterocycles. The van der Waals surface area contributed by atoms with E-state index in [4.69, 9.17) is 10.2 Å². The number of hydrogen-bond donors (Lipinski definition) is 1. The topological polar surface area (TPSA) is 64.9 Å². The van der Waals surface area contributed by atoms with Crippen LogP contribution in [0.5, 0.6) is 0 Å². The van der Waals surface area contributed by atoms with Crippen molar-refractivity contribution in [2.45, 2.75) is 6.92 Å². The molecule has 5 heteroatoms. The van der Waals surface area contributed by atoms with Crippen LogP contribution in [0.1, 0.15) is 4.88 Å². The van der Waals surface area contributed by atoms with Gasteiger partial charge in [-0.05, 0) is 13.0 Å². The number of aryl methyl sites for hydroxylation is 1. The molecule has 0 fully saturated rings. The second-order valence-electron chi connectivity index (χ2n) is 2.39. The summed E-state index contributed by atoms with van der Waals surface area (Å²) >= 11 is 1.64. The van der Waals surface area contributed by atoms with Crippen LogP contribution in [-0.2, 0) is 0 Å². The van der Waals surface area contributed by atoms with Crippen molar-refractivity contribution in [3.8, 4) is 11.5 Å². The van der Waals surface area contributed by atoms with E-state index in [0.29, 0.717) is 5.89 Å². The minimum absolute atomic E-state index is 0.105. The lowest BCUT2D eigenvalue weighted by Crippen LogP contribution is -1.81. The van der Waals surface area contributed by atoms with Gasteiger partial charge in [0.15, 0.2) is 0 Å². The van der Waals surface area contributed by atoms with E-state index in [2.05, 4.69) is 10.2 Å². The van der Waals surface area contributed by atoms with Crippen molar-refractivity contribution in [2.24, 2.45) is 0 Å². The summed E-state index contributed by atoms with van der Waals surface area (Å²) in [6.45, 7) is 2.02. The van der Waals surface area contributed by atoms with Gasteiger partial charge in [0.25, 0.3) is 5.89 Å². The van der Waals surface area contributed by atoms with Crippen molar-refractivity contribution < 1.29 is 4.42 Å². The Bertz CT molecular complexity index is 355. The van der Waals surface area contributed by atoms with Gasteiger partial charge < -0.3 is 10.2 Å². The molecule has 0 aromatic carbocycles. The van der Waals surface area contributed by atoms with Crippen molar-refractivity contribution in [1.82, 2.24) is 10.2 Å². The van der Waals surface area contributed by atoms with E-state index in [1.807, 2.05) is 18.4 Å². The highest BCUT2D eigenvalue weighted by molar-refractivity contribution is 7.10. The number of hydrogen-bond acceptors (Lipinski definition) is 5. The Morgan fingerprint density at radius 2 is 2.33 bits per heavy atom. The summed E-state index contributed by atoms with van der Waals surface area (Å²) in [5.74, 6) is 0.483. The van der Waals surface area contributed by atoms with Gasteiger partial charge in [-0.25, -0.2) is 0 Å². The molecule has 0 atom stereocenters. The van der Waals surface area contributed by atoms with Gasteiger partial charge in [-0.3, -0.25) is 0 Å². The maximum absolute atomic E-state index is 5.29. The van der Waals surface area contributed by atoms with Crippen LogP contribution >= 0.6 is 11.3 Å². The first-order valence-electron chi connectivity index (χ1n) is 3.40. The number of anilines is 1. The second-order valence-corrected chi connectivity index (χ2v) is 3.51. The van der Waals surface area contributed by atoms with Gasteiger partial charge in [0.05, 0.1) is 0 Å². The fourth-order valence-electron chi connectivity index (χ4n) is 0.907. The van der Waals surface area contributed by atoms with Crippen molar-refractivity contribution in [3.63, 3.8) is 0 Å². The summed E-state index contributed by atoms with van der Waals surface area (Å²) in [5.41, 5.74) is 6.22. The summed E-state index contributed by atoms with van der Waals surface area (Å²) in [5, 5.41) is 9.29. The fraction of sp³-hybridized carbons (Fsp3) is 0.143. The maximum Gasteiger partial charge on any atom is 0.313 e. The lowest BCUT2D eigenvalue weighted by Gasteiger charge is -1.83. The molecular formula is C7H7N3OS. The molecule has 62 valence electrons. The standard InChI is InChI=1S/C7H7N3OS/c1-4-2-5(3-12-4)6-9-10-7(8)11-6/h2-3H,1H3,(H2,8,10). The van der Waals surface area contributed by atoms with Crippen LogP contribution in [0, 0.1) is 6.92 Å². The Kier molecular flexibility index (Phi) is 1.58. The summed E-state index contributed by atoms with van der Waals surface area (Å²) in [7, 11) is 0. The number of thiophene rings is 1. The maximum atomic E-state index is 5.29. The van der Waals surface area contributed by atoms with Gasteiger partial charge in [0, 0.05) is 15.8 Å². The van der Waals surface area contributed by atoms with Gasteiger partial charge in [-0.15, -0.1) is 16.4 Å². The molecule has 12 heavy (non-hydrogen) atoms. The molecule has 2 aromatic rings. The Labute approximate surface area is 73.0 Å². The number of nitrogen functional groups attached to an aromatic ring is 1. The molecule has 0 amide bonds. The number of nitrogens with zero attached hydrogens (tertiary/aromatic N) is 2. The Hall–Kier alpha value is -1.36. The first-order valence-corrected chi connectivity index (χ1v) is 4.28. The third kappa shape index (κ3) is 1.18. The first-order chi connectivity index (χ1) is 5.75. The zero-order valence-electron chi connectivity index (χ0n) is 6.44. The lowest BCUT2D eigenvalue weighted by atomic mass is 10.3. The van der Waals surface area contributed by atoms with Gasteiger partial charge in [-0.1, -0.05) is 5.10 Å². The van der Waals surface area contributed by atoms with Crippen LogP contribution in [0.3, 0.4) is 0 Å². The van der Waals surface area contributed by atoms with Crippen molar-refractivity contribution in [1.29, 1.82) is 0 Å². The van der Waals surface area contributed by atoms with Gasteiger partial charge in [0.2, 0.25) is 0 Å². The van der Waals surface area contributed by atoms with E-state index in [1.54, 1.807) is 11.3 Å². The highest BCUT2D eigenvalue weighted by Crippen LogP contribution is 2.23. The molecule has 0 aliphatic carbocycles. The molecule has 0 aliphatic rings. The quantitative estimate of drug-likeness (QED) is 0.727. The third-order valence-electron chi connectivity index (χ3n) is 1.42. The largest absolute Gasteiger partial charge is 0.404 e. The molecule has 0 unspecified atom stereocenters. The molecule has 4 nitrogen and oxygen atoms in total. The van der Waals surface area contributed by atoms with E-state index >= 15 is 0 Å². The Balaban J connectivity index is 2.43. The number of rotatable bonds is 1. The molecular weight excluding hydrogens is 174 g/mol. The van der Waals surface area contributed by atoms with E-state index in [0.717, 1.165) is 5.56 Å². The van der Waals surface area contributed by atoms with Crippen LogP contribution in [0.4, 0.5) is 6.01 Å². The molecule has 0 radical (unpaired) electrons. The average molecular weight is 181 g/mol. The number of nitrogens with two attached hydrogens (primary N) is 1. The average Bonchev–Trinajstić information content (AvgIpc) is 2.58. The van der Waals surface area contributed by atoms with Gasteiger partial charge in [0.1, 0.15) is 0 Å². The second kappa shape index (κ2) is 2.60. The van der Waals surface area contributed by atoms with Crippen molar-refractivity contribution in [3.05, 3.63) is 16.3 Å². The molecule has 0 saturated carbocycles. The molecule has 0 spiro atoms. The van der Waals surface area contributed by atoms with E-state index < -0.39 is 0 Å². The highest BCUT2D eigenvalue weighted by atomic mass is 32.1. The van der Waals surface area contributed by atoms with E-state index in [-0.39, 0.29) is 6.01 Å². The minimum atomic E-state index is 0.105. The highest BCUT2D eigenvalue weighted by Gasteiger charge is 2.06. The normalized spacial score (nSPS) is 10.4. The molecule has 2 aromatic heterocycles. The number of aromatic nitrogens is 2. The van der Waals surface area contributed by atoms with Crippen LogP contribution in [0.2, 0.25) is 0 Å². The van der Waals surface area contributed by atoms with Crippen LogP contribution in [0.15, 0.2) is 15.9 Å². The van der Waals surface area contributed by atoms with E-state index in [1.165, 1.54) is 4.88 Å².